The molecule has 0 aliphatic rings. The van der Waals surface area contributed by atoms with Crippen molar-refractivity contribution < 1.29 is 85.7 Å². The van der Waals surface area contributed by atoms with Gasteiger partial charge in [-0.25, -0.2) is 28.8 Å². The van der Waals surface area contributed by atoms with Crippen molar-refractivity contribution in [2.75, 3.05) is 40.9 Å². The molecule has 11 rings (SSSR count). The highest BCUT2D eigenvalue weighted by Gasteiger charge is 2.27. The normalized spacial score (nSPS) is 10.9. The third-order valence-corrected chi connectivity index (χ3v) is 15.2. The van der Waals surface area contributed by atoms with Crippen LogP contribution in [0.15, 0.2) is 194 Å². The third kappa shape index (κ3) is 13.6. The van der Waals surface area contributed by atoms with Crippen LogP contribution in [0.5, 0.6) is 63.2 Å². The Morgan fingerprint density at radius 1 is 0.266 bits per heavy atom. The number of hydrogen-bond donors (Lipinski definition) is 1. The lowest BCUT2D eigenvalue weighted by atomic mass is 9.93. The van der Waals surface area contributed by atoms with Gasteiger partial charge in [-0.2, -0.15) is 0 Å². The average Bonchev–Trinajstić information content (AvgIpc) is 0.725. The molecule has 19 nitrogen and oxygen atoms in total. The number of anilines is 1. The topological polar surface area (TPSA) is 233 Å². The summed E-state index contributed by atoms with van der Waals surface area (Å²) in [7, 11) is 7.35. The molecule has 0 aromatic heterocycles. The highest BCUT2D eigenvalue weighted by molar-refractivity contribution is 6.27. The van der Waals surface area contributed by atoms with E-state index in [2.05, 4.69) is 5.32 Å². The van der Waals surface area contributed by atoms with Crippen LogP contribution in [0, 0.1) is 20.8 Å². The molecule has 0 aliphatic heterocycles. The summed E-state index contributed by atoms with van der Waals surface area (Å²) >= 11 is 0. The number of benzene rings is 11. The molecule has 0 saturated heterocycles. The first-order valence-electron chi connectivity index (χ1n) is 29.0. The van der Waals surface area contributed by atoms with Gasteiger partial charge >= 0.3 is 35.8 Å². The Hall–Kier alpha value is -12.5. The Labute approximate surface area is 537 Å². The minimum Gasteiger partial charge on any atom is -0.497 e. The van der Waals surface area contributed by atoms with Crippen molar-refractivity contribution in [3.8, 4) is 63.2 Å². The van der Waals surface area contributed by atoms with Gasteiger partial charge in [0.2, 0.25) is 0 Å². The fourth-order valence-electron chi connectivity index (χ4n) is 10.5. The molecule has 0 bridgehead atoms. The van der Waals surface area contributed by atoms with E-state index in [1.807, 2.05) is 32.9 Å². The van der Waals surface area contributed by atoms with Gasteiger partial charge in [-0.1, -0.05) is 17.7 Å². The van der Waals surface area contributed by atoms with Crippen molar-refractivity contribution in [2.24, 2.45) is 0 Å². The fraction of sp³-hybridized carbons (Fsp3) is 0.107. The number of ether oxygens (including phenoxy) is 11. The Bertz CT molecular complexity index is 4670. The largest absolute Gasteiger partial charge is 0.497 e. The number of methoxy groups -OCH3 is 5. The lowest BCUT2D eigenvalue weighted by molar-refractivity contribution is 0.0682. The van der Waals surface area contributed by atoms with E-state index in [4.69, 9.17) is 52.1 Å². The summed E-state index contributed by atoms with van der Waals surface area (Å²) in [5.74, 6) is -5.08. The molecular formula is C75H57NO18. The summed E-state index contributed by atoms with van der Waals surface area (Å²) in [6.07, 6.45) is 0. The van der Waals surface area contributed by atoms with Gasteiger partial charge in [0.1, 0.15) is 28.7 Å². The number of rotatable bonds is 19. The van der Waals surface area contributed by atoms with E-state index in [9.17, 15) is 33.6 Å². The molecule has 0 heterocycles. The van der Waals surface area contributed by atoms with Crippen LogP contribution < -0.4 is 57.4 Å². The summed E-state index contributed by atoms with van der Waals surface area (Å²) in [6, 6.07) is 48.8. The number of fused-ring (bicyclic) bond motifs is 6. The zero-order chi connectivity index (χ0) is 66.3. The first-order chi connectivity index (χ1) is 45.4. The van der Waals surface area contributed by atoms with Gasteiger partial charge < -0.3 is 57.4 Å². The van der Waals surface area contributed by atoms with Crippen molar-refractivity contribution in [1.82, 2.24) is 0 Å². The van der Waals surface area contributed by atoms with E-state index >= 15 is 0 Å². The Morgan fingerprint density at radius 2 is 0.457 bits per heavy atom. The standard InChI is InChI=1S/C75H57NO18/c1-41-33-42(2)68(43(3)34-41)69(77)76-50-21-9-44(10-22-50)70(78)89-62-35-56-57(36-63(62)90-71(79)45-11-23-51(84-4)24-12-45)59-38-65(92-73(81)47-15-27-53(86-6)28-16-47)67(94-75(83)49-19-31-55(88-8)32-20-49)40-61(59)60-39-66(93-74(82)48-17-29-54(87-7)30-18-48)64(37-58(56)60)91-72(80)46-13-25-52(85-5)26-14-46/h9-40H,1-8H3,(H,76,77). The molecule has 19 heteroatoms. The van der Waals surface area contributed by atoms with Crippen molar-refractivity contribution in [2.45, 2.75) is 20.8 Å². The van der Waals surface area contributed by atoms with Crippen molar-refractivity contribution in [3.63, 3.8) is 0 Å². The molecular weight excluding hydrogens is 1200 g/mol. The highest BCUT2D eigenvalue weighted by Crippen LogP contribution is 2.48. The molecule has 0 unspecified atom stereocenters. The minimum absolute atomic E-state index is 0.0210. The molecule has 0 radical (unpaired) electrons. The van der Waals surface area contributed by atoms with Crippen LogP contribution in [0.4, 0.5) is 5.69 Å². The smallest absolute Gasteiger partial charge is 0.343 e. The number of aryl methyl sites for hydroxylation is 3. The molecule has 0 spiro atoms. The summed E-state index contributed by atoms with van der Waals surface area (Å²) in [4.78, 5) is 99.7. The highest BCUT2D eigenvalue weighted by atomic mass is 16.6. The molecule has 0 fully saturated rings. The van der Waals surface area contributed by atoms with E-state index in [-0.39, 0.29) is 106 Å². The van der Waals surface area contributed by atoms with Crippen molar-refractivity contribution >= 4 is 79.7 Å². The van der Waals surface area contributed by atoms with E-state index < -0.39 is 35.8 Å². The number of hydrogen-bond acceptors (Lipinski definition) is 18. The number of nitrogens with one attached hydrogen (secondary N) is 1. The number of carbonyl (C=O) groups excluding carboxylic acids is 7. The van der Waals surface area contributed by atoms with Crippen LogP contribution in [0.25, 0.3) is 32.3 Å². The monoisotopic (exact) mass is 1260 g/mol. The summed E-state index contributed by atoms with van der Waals surface area (Å²) in [6.45, 7) is 5.65. The van der Waals surface area contributed by atoms with Crippen molar-refractivity contribution in [1.29, 1.82) is 0 Å². The van der Waals surface area contributed by atoms with Gasteiger partial charge in [0, 0.05) is 11.3 Å². The maximum Gasteiger partial charge on any atom is 0.343 e. The number of amides is 1. The maximum atomic E-state index is 14.6. The van der Waals surface area contributed by atoms with Gasteiger partial charge in [0.05, 0.1) is 68.9 Å². The summed E-state index contributed by atoms with van der Waals surface area (Å²) in [5, 5.41) is 4.27. The summed E-state index contributed by atoms with van der Waals surface area (Å²) in [5.41, 5.74) is 3.92. The average molecular weight is 1260 g/mol. The van der Waals surface area contributed by atoms with Gasteiger partial charge in [-0.15, -0.1) is 0 Å². The molecule has 1 amide bonds. The van der Waals surface area contributed by atoms with Crippen LogP contribution in [-0.4, -0.2) is 77.3 Å². The molecule has 0 atom stereocenters. The van der Waals surface area contributed by atoms with E-state index in [0.717, 1.165) is 16.7 Å². The van der Waals surface area contributed by atoms with Crippen LogP contribution in [-0.2, 0) is 0 Å². The zero-order valence-electron chi connectivity index (χ0n) is 51.8. The number of esters is 6. The predicted molar refractivity (Wildman–Crippen MR) is 349 cm³/mol. The Balaban J connectivity index is 1.14. The molecule has 0 aliphatic carbocycles. The first kappa shape index (κ1) is 63.1. The second-order valence-corrected chi connectivity index (χ2v) is 21.3. The second kappa shape index (κ2) is 27.3. The van der Waals surface area contributed by atoms with Gasteiger partial charge in [-0.05, 0) is 246 Å². The van der Waals surface area contributed by atoms with Crippen LogP contribution in [0.2, 0.25) is 0 Å². The van der Waals surface area contributed by atoms with Crippen LogP contribution in [0.3, 0.4) is 0 Å². The Morgan fingerprint density at radius 3 is 0.649 bits per heavy atom. The number of carbonyl (C=O) groups is 7. The second-order valence-electron chi connectivity index (χ2n) is 21.3. The molecule has 1 N–H and O–H groups in total. The molecule has 0 saturated carbocycles. The molecule has 11 aromatic rings. The van der Waals surface area contributed by atoms with E-state index in [1.54, 1.807) is 60.7 Å². The van der Waals surface area contributed by atoms with E-state index in [1.165, 1.54) is 157 Å². The maximum absolute atomic E-state index is 14.6. The van der Waals surface area contributed by atoms with Crippen LogP contribution in [0.1, 0.15) is 89.2 Å². The zero-order valence-corrected chi connectivity index (χ0v) is 51.8. The SMILES string of the molecule is COc1ccc(C(=O)Oc2cc3c(cc2OC(=O)c2ccc(NC(=O)c4c(C)cc(C)cc4C)cc2)c2cc(OC(=O)c4ccc(OC)cc4)c(OC(=O)c4ccc(OC)cc4)cc2c2cc(OC(=O)c4ccc(OC)cc4)c(OC(=O)c4ccc(OC)cc4)cc32)cc1. The molecule has 94 heavy (non-hydrogen) atoms. The van der Waals surface area contributed by atoms with Crippen molar-refractivity contribution in [3.05, 3.63) is 250 Å². The first-order valence-corrected chi connectivity index (χ1v) is 29.0. The molecule has 470 valence electrons. The minimum atomic E-state index is -0.924. The quantitative estimate of drug-likeness (QED) is 0.0450. The lowest BCUT2D eigenvalue weighted by Crippen LogP contribution is -2.16. The van der Waals surface area contributed by atoms with Gasteiger partial charge in [-0.3, -0.25) is 4.79 Å². The predicted octanol–water partition coefficient (Wildman–Crippen LogP) is 14.7. The van der Waals surface area contributed by atoms with Crippen LogP contribution >= 0.6 is 0 Å². The third-order valence-electron chi connectivity index (χ3n) is 15.2. The van der Waals surface area contributed by atoms with Gasteiger partial charge in [0.25, 0.3) is 5.91 Å². The Kier molecular flexibility index (Phi) is 18.3. The van der Waals surface area contributed by atoms with E-state index in [0.29, 0.717) is 40.0 Å². The summed E-state index contributed by atoms with van der Waals surface area (Å²) < 4.78 is 63.7. The fourth-order valence-corrected chi connectivity index (χ4v) is 10.5. The lowest BCUT2D eigenvalue weighted by Gasteiger charge is -2.19. The molecule has 11 aromatic carbocycles. The van der Waals surface area contributed by atoms with Gasteiger partial charge in [0.15, 0.2) is 34.5 Å².